The molecular weight excluding hydrogens is 208 g/mol. The molecule has 0 fully saturated rings. The Morgan fingerprint density at radius 1 is 1.38 bits per heavy atom. The number of rotatable bonds is 5. The van der Waals surface area contributed by atoms with E-state index in [2.05, 4.69) is 0 Å². The van der Waals surface area contributed by atoms with Crippen LogP contribution >= 0.6 is 0 Å². The average molecular weight is 220 g/mol. The minimum atomic E-state index is -0.801. The first kappa shape index (κ1) is 10.5. The number of hydrogen-bond acceptors (Lipinski definition) is 3. The molecule has 0 aliphatic heterocycles. The van der Waals surface area contributed by atoms with Crippen molar-refractivity contribution in [3.8, 4) is 5.75 Å². The zero-order chi connectivity index (χ0) is 11.4. The highest BCUT2D eigenvalue weighted by Gasteiger charge is 2.04. The molecule has 16 heavy (non-hydrogen) atoms. The van der Waals surface area contributed by atoms with Crippen LogP contribution in [0.1, 0.15) is 12.8 Å². The molecule has 4 nitrogen and oxygen atoms in total. The molecule has 0 amide bonds. The number of benzene rings is 1. The Bertz CT molecular complexity index is 486. The van der Waals surface area contributed by atoms with Gasteiger partial charge in [-0.2, -0.15) is 0 Å². The second-order valence-electron chi connectivity index (χ2n) is 3.43. The molecule has 1 aromatic heterocycles. The molecular formula is C12H12O4. The van der Waals surface area contributed by atoms with Crippen molar-refractivity contribution in [3.63, 3.8) is 0 Å². The summed E-state index contributed by atoms with van der Waals surface area (Å²) < 4.78 is 10.7. The Labute approximate surface area is 92.4 Å². The van der Waals surface area contributed by atoms with E-state index in [9.17, 15) is 4.79 Å². The zero-order valence-electron chi connectivity index (χ0n) is 8.68. The molecule has 1 heterocycles. The Hall–Kier alpha value is -1.97. The van der Waals surface area contributed by atoms with Gasteiger partial charge in [0.15, 0.2) is 0 Å². The van der Waals surface area contributed by atoms with Gasteiger partial charge in [-0.25, -0.2) is 0 Å². The van der Waals surface area contributed by atoms with Crippen molar-refractivity contribution in [2.75, 3.05) is 6.61 Å². The molecule has 0 saturated heterocycles. The minimum absolute atomic E-state index is 0.126. The molecule has 0 aliphatic carbocycles. The van der Waals surface area contributed by atoms with Crippen LogP contribution < -0.4 is 4.74 Å². The standard InChI is InChI=1S/C12H12O4/c13-12(14)5-2-7-15-10-3-1-4-11-9(10)6-8-16-11/h1,3-4,6,8H,2,5,7H2,(H,13,14). The Kier molecular flexibility index (Phi) is 3.10. The Morgan fingerprint density at radius 3 is 3.06 bits per heavy atom. The number of carboxylic acids is 1. The fourth-order valence-corrected chi connectivity index (χ4v) is 1.50. The first-order valence-corrected chi connectivity index (χ1v) is 5.08. The minimum Gasteiger partial charge on any atom is -0.493 e. The third-order valence-corrected chi connectivity index (χ3v) is 2.25. The lowest BCUT2D eigenvalue weighted by Gasteiger charge is -2.05. The molecule has 84 valence electrons. The number of carbonyl (C=O) groups is 1. The molecule has 0 radical (unpaired) electrons. The number of furan rings is 1. The van der Waals surface area contributed by atoms with Gasteiger partial charge >= 0.3 is 5.97 Å². The quantitative estimate of drug-likeness (QED) is 0.787. The average Bonchev–Trinajstić information content (AvgIpc) is 2.72. The van der Waals surface area contributed by atoms with Gasteiger partial charge in [-0.15, -0.1) is 0 Å². The second-order valence-corrected chi connectivity index (χ2v) is 3.43. The number of hydrogen-bond donors (Lipinski definition) is 1. The smallest absolute Gasteiger partial charge is 0.303 e. The number of carboxylic acid groups (broad SMARTS) is 1. The third kappa shape index (κ3) is 2.34. The van der Waals surface area contributed by atoms with Gasteiger partial charge in [0.1, 0.15) is 11.3 Å². The summed E-state index contributed by atoms with van der Waals surface area (Å²) in [6.07, 6.45) is 2.24. The van der Waals surface area contributed by atoms with Crippen LogP contribution in [0.4, 0.5) is 0 Å². The van der Waals surface area contributed by atoms with E-state index < -0.39 is 5.97 Å². The van der Waals surface area contributed by atoms with Crippen LogP contribution in [-0.2, 0) is 4.79 Å². The molecule has 4 heteroatoms. The van der Waals surface area contributed by atoms with E-state index in [0.29, 0.717) is 13.0 Å². The predicted molar refractivity (Wildman–Crippen MR) is 58.6 cm³/mol. The van der Waals surface area contributed by atoms with E-state index in [4.69, 9.17) is 14.3 Å². The summed E-state index contributed by atoms with van der Waals surface area (Å²) in [5.74, 6) is -0.0678. The summed E-state index contributed by atoms with van der Waals surface area (Å²) in [4.78, 5) is 10.3. The second kappa shape index (κ2) is 4.70. The van der Waals surface area contributed by atoms with Crippen LogP contribution in [0.5, 0.6) is 5.75 Å². The predicted octanol–water partition coefficient (Wildman–Crippen LogP) is 2.68. The molecule has 0 atom stereocenters. The van der Waals surface area contributed by atoms with Crippen molar-refractivity contribution in [2.24, 2.45) is 0 Å². The fraction of sp³-hybridized carbons (Fsp3) is 0.250. The first-order valence-electron chi connectivity index (χ1n) is 5.08. The van der Waals surface area contributed by atoms with Crippen LogP contribution in [0.15, 0.2) is 34.9 Å². The van der Waals surface area contributed by atoms with Crippen LogP contribution in [0.3, 0.4) is 0 Å². The van der Waals surface area contributed by atoms with Crippen LogP contribution in [-0.4, -0.2) is 17.7 Å². The van der Waals surface area contributed by atoms with Crippen LogP contribution in [0.25, 0.3) is 11.0 Å². The molecule has 0 bridgehead atoms. The van der Waals surface area contributed by atoms with Crippen molar-refractivity contribution in [1.29, 1.82) is 0 Å². The lowest BCUT2D eigenvalue weighted by molar-refractivity contribution is -0.137. The maximum absolute atomic E-state index is 10.3. The zero-order valence-corrected chi connectivity index (χ0v) is 8.68. The van der Waals surface area contributed by atoms with Gasteiger partial charge in [-0.3, -0.25) is 4.79 Å². The molecule has 0 unspecified atom stereocenters. The largest absolute Gasteiger partial charge is 0.493 e. The summed E-state index contributed by atoms with van der Waals surface area (Å²) in [5.41, 5.74) is 0.774. The molecule has 2 rings (SSSR count). The SMILES string of the molecule is O=C(O)CCCOc1cccc2occc12. The Balaban J connectivity index is 1.98. The summed E-state index contributed by atoms with van der Waals surface area (Å²) in [7, 11) is 0. The van der Waals surface area contributed by atoms with E-state index in [0.717, 1.165) is 16.7 Å². The van der Waals surface area contributed by atoms with E-state index in [1.54, 1.807) is 6.26 Å². The lowest BCUT2D eigenvalue weighted by Crippen LogP contribution is -2.02. The maximum Gasteiger partial charge on any atom is 0.303 e. The van der Waals surface area contributed by atoms with Gasteiger partial charge in [0.05, 0.1) is 18.3 Å². The van der Waals surface area contributed by atoms with Crippen molar-refractivity contribution in [1.82, 2.24) is 0 Å². The highest BCUT2D eigenvalue weighted by Crippen LogP contribution is 2.26. The summed E-state index contributed by atoms with van der Waals surface area (Å²) in [5, 5.41) is 9.39. The molecule has 1 N–H and O–H groups in total. The van der Waals surface area contributed by atoms with Crippen LogP contribution in [0.2, 0.25) is 0 Å². The third-order valence-electron chi connectivity index (χ3n) is 2.25. The highest BCUT2D eigenvalue weighted by molar-refractivity contribution is 5.83. The Morgan fingerprint density at radius 2 is 2.25 bits per heavy atom. The van der Waals surface area contributed by atoms with Crippen molar-refractivity contribution >= 4 is 16.9 Å². The molecule has 2 aromatic rings. The number of aliphatic carboxylic acids is 1. The molecule has 0 spiro atoms. The van der Waals surface area contributed by atoms with Crippen molar-refractivity contribution < 1.29 is 19.1 Å². The van der Waals surface area contributed by atoms with Gasteiger partial charge in [-0.1, -0.05) is 6.07 Å². The first-order chi connectivity index (χ1) is 7.77. The summed E-state index contributed by atoms with van der Waals surface area (Å²) in [6, 6.07) is 7.39. The monoisotopic (exact) mass is 220 g/mol. The summed E-state index contributed by atoms with van der Waals surface area (Å²) >= 11 is 0. The topological polar surface area (TPSA) is 59.7 Å². The molecule has 0 saturated carbocycles. The summed E-state index contributed by atoms with van der Waals surface area (Å²) in [6.45, 7) is 0.399. The number of ether oxygens (including phenoxy) is 1. The van der Waals surface area contributed by atoms with Gasteiger partial charge in [0, 0.05) is 6.42 Å². The van der Waals surface area contributed by atoms with Crippen molar-refractivity contribution in [2.45, 2.75) is 12.8 Å². The lowest BCUT2D eigenvalue weighted by atomic mass is 10.2. The van der Waals surface area contributed by atoms with E-state index >= 15 is 0 Å². The van der Waals surface area contributed by atoms with Gasteiger partial charge < -0.3 is 14.3 Å². The molecule has 1 aromatic carbocycles. The number of fused-ring (bicyclic) bond motifs is 1. The van der Waals surface area contributed by atoms with Gasteiger partial charge in [0.2, 0.25) is 0 Å². The van der Waals surface area contributed by atoms with Gasteiger partial charge in [0.25, 0.3) is 0 Å². The normalized spacial score (nSPS) is 10.5. The highest BCUT2D eigenvalue weighted by atomic mass is 16.5. The van der Waals surface area contributed by atoms with Crippen LogP contribution in [0, 0.1) is 0 Å². The van der Waals surface area contributed by atoms with Gasteiger partial charge in [-0.05, 0) is 24.6 Å². The van der Waals surface area contributed by atoms with E-state index in [1.165, 1.54) is 0 Å². The maximum atomic E-state index is 10.3. The fourth-order valence-electron chi connectivity index (χ4n) is 1.50. The van der Waals surface area contributed by atoms with Crippen molar-refractivity contribution in [3.05, 3.63) is 30.5 Å². The molecule has 0 aliphatic rings. The van der Waals surface area contributed by atoms with E-state index in [-0.39, 0.29) is 6.42 Å². The van der Waals surface area contributed by atoms with E-state index in [1.807, 2.05) is 24.3 Å².